The molecule has 8 heteroatoms. The highest BCUT2D eigenvalue weighted by molar-refractivity contribution is 14.0. The van der Waals surface area contributed by atoms with E-state index in [1.165, 1.54) is 5.56 Å². The molecule has 2 rings (SSSR count). The van der Waals surface area contributed by atoms with Gasteiger partial charge in [0.05, 0.1) is 14.2 Å². The Bertz CT molecular complexity index is 564. The molecule has 1 heterocycles. The molecule has 0 spiro atoms. The number of methoxy groups -OCH3 is 3. The van der Waals surface area contributed by atoms with Gasteiger partial charge < -0.3 is 24.8 Å². The normalized spacial score (nSPS) is 17.3. The lowest BCUT2D eigenvalue weighted by Crippen LogP contribution is -2.44. The van der Waals surface area contributed by atoms with E-state index in [9.17, 15) is 0 Å². The minimum Gasteiger partial charge on any atom is -0.497 e. The van der Waals surface area contributed by atoms with Gasteiger partial charge in [-0.1, -0.05) is 0 Å². The third kappa shape index (κ3) is 8.10. The van der Waals surface area contributed by atoms with E-state index in [1.54, 1.807) is 28.4 Å². The number of likely N-dealkylation sites (tertiary alicyclic amines) is 1. The monoisotopic (exact) mass is 492 g/mol. The molecule has 1 aliphatic rings. The molecule has 1 aliphatic heterocycles. The van der Waals surface area contributed by atoms with Crippen LogP contribution in [0.3, 0.4) is 0 Å². The van der Waals surface area contributed by atoms with Crippen LogP contribution in [-0.2, 0) is 11.3 Å². The first-order valence-corrected chi connectivity index (χ1v) is 9.09. The quantitative estimate of drug-likeness (QED) is 0.238. The van der Waals surface area contributed by atoms with Gasteiger partial charge in [0.1, 0.15) is 11.5 Å². The minimum absolute atomic E-state index is 0. The second-order valence-corrected chi connectivity index (χ2v) is 6.43. The van der Waals surface area contributed by atoms with Crippen molar-refractivity contribution in [3.8, 4) is 11.5 Å². The van der Waals surface area contributed by atoms with Crippen molar-refractivity contribution in [3.05, 3.63) is 23.8 Å². The Hall–Kier alpha value is -1.26. The summed E-state index contributed by atoms with van der Waals surface area (Å²) in [5, 5.41) is 6.84. The molecule has 0 aliphatic carbocycles. The fourth-order valence-electron chi connectivity index (χ4n) is 3.12. The van der Waals surface area contributed by atoms with Gasteiger partial charge in [-0.25, -0.2) is 0 Å². The number of aliphatic imine (C=N–C) groups is 1. The van der Waals surface area contributed by atoms with Crippen molar-refractivity contribution in [2.45, 2.75) is 25.4 Å². The maximum Gasteiger partial charge on any atom is 0.191 e. The van der Waals surface area contributed by atoms with Crippen molar-refractivity contribution < 1.29 is 14.2 Å². The van der Waals surface area contributed by atoms with Crippen LogP contribution in [0.25, 0.3) is 0 Å². The topological polar surface area (TPSA) is 67.4 Å². The Balaban J connectivity index is 0.00000364. The van der Waals surface area contributed by atoms with Crippen molar-refractivity contribution in [2.75, 3.05) is 54.6 Å². The van der Waals surface area contributed by atoms with E-state index in [0.29, 0.717) is 6.04 Å². The fourth-order valence-corrected chi connectivity index (χ4v) is 3.12. The van der Waals surface area contributed by atoms with Crippen molar-refractivity contribution in [1.29, 1.82) is 0 Å². The largest absolute Gasteiger partial charge is 0.497 e. The van der Waals surface area contributed by atoms with E-state index in [-0.39, 0.29) is 24.0 Å². The number of nitrogens with one attached hydrogen (secondary N) is 2. The number of hydrogen-bond donors (Lipinski definition) is 2. The third-order valence-corrected chi connectivity index (χ3v) is 4.47. The van der Waals surface area contributed by atoms with Crippen LogP contribution in [0.2, 0.25) is 0 Å². The molecule has 0 bridgehead atoms. The Morgan fingerprint density at radius 3 is 2.48 bits per heavy atom. The molecule has 154 valence electrons. The molecular weight excluding hydrogens is 459 g/mol. The zero-order valence-corrected chi connectivity index (χ0v) is 19.1. The predicted molar refractivity (Wildman–Crippen MR) is 120 cm³/mol. The first kappa shape index (κ1) is 23.8. The zero-order valence-electron chi connectivity index (χ0n) is 16.8. The first-order valence-electron chi connectivity index (χ1n) is 9.09. The summed E-state index contributed by atoms with van der Waals surface area (Å²) < 4.78 is 15.8. The smallest absolute Gasteiger partial charge is 0.191 e. The van der Waals surface area contributed by atoms with Gasteiger partial charge in [0.25, 0.3) is 0 Å². The standard InChI is InChI=1S/C19H32N4O3.HI/c1-20-19(21-7-5-9-24-2)22-16-6-8-23(14-16)13-15-10-17(25-3)12-18(11-15)26-4;/h10-12,16H,5-9,13-14H2,1-4H3,(H2,20,21,22);1H. The van der Waals surface area contributed by atoms with E-state index in [1.807, 2.05) is 6.07 Å². The van der Waals surface area contributed by atoms with Gasteiger partial charge >= 0.3 is 0 Å². The number of halogens is 1. The summed E-state index contributed by atoms with van der Waals surface area (Å²) in [4.78, 5) is 6.74. The highest BCUT2D eigenvalue weighted by Gasteiger charge is 2.23. The van der Waals surface area contributed by atoms with Crippen LogP contribution in [-0.4, -0.2) is 71.5 Å². The summed E-state index contributed by atoms with van der Waals surface area (Å²) in [5.41, 5.74) is 1.20. The van der Waals surface area contributed by atoms with Crippen molar-refractivity contribution >= 4 is 29.9 Å². The molecule has 0 aromatic heterocycles. The Morgan fingerprint density at radius 1 is 1.19 bits per heavy atom. The van der Waals surface area contributed by atoms with E-state index in [4.69, 9.17) is 14.2 Å². The molecule has 7 nitrogen and oxygen atoms in total. The molecule has 1 aromatic rings. The van der Waals surface area contributed by atoms with Gasteiger partial charge in [-0.3, -0.25) is 9.89 Å². The van der Waals surface area contributed by atoms with Crippen LogP contribution in [0, 0.1) is 0 Å². The highest BCUT2D eigenvalue weighted by Crippen LogP contribution is 2.24. The summed E-state index contributed by atoms with van der Waals surface area (Å²) in [6.07, 6.45) is 2.06. The first-order chi connectivity index (χ1) is 12.7. The van der Waals surface area contributed by atoms with Crippen LogP contribution in [0.15, 0.2) is 23.2 Å². The van der Waals surface area contributed by atoms with Crippen LogP contribution in [0.5, 0.6) is 11.5 Å². The number of ether oxygens (including phenoxy) is 3. The minimum atomic E-state index is 0. The maximum atomic E-state index is 5.36. The molecule has 0 saturated carbocycles. The molecule has 1 aromatic carbocycles. The molecule has 1 atom stereocenters. The Morgan fingerprint density at radius 2 is 1.89 bits per heavy atom. The zero-order chi connectivity index (χ0) is 18.8. The summed E-state index contributed by atoms with van der Waals surface area (Å²) in [5.74, 6) is 2.51. The average molecular weight is 492 g/mol. The van der Waals surface area contributed by atoms with Gasteiger partial charge in [-0.05, 0) is 30.5 Å². The van der Waals surface area contributed by atoms with Gasteiger partial charge in [0.15, 0.2) is 5.96 Å². The molecule has 27 heavy (non-hydrogen) atoms. The molecular formula is C19H33IN4O3. The fraction of sp³-hybridized carbons (Fsp3) is 0.632. The van der Waals surface area contributed by atoms with Gasteiger partial charge in [0, 0.05) is 59.1 Å². The molecule has 2 N–H and O–H groups in total. The van der Waals surface area contributed by atoms with Crippen molar-refractivity contribution in [3.63, 3.8) is 0 Å². The van der Waals surface area contributed by atoms with Gasteiger partial charge in [0.2, 0.25) is 0 Å². The Kier molecular flexibility index (Phi) is 11.5. The van der Waals surface area contributed by atoms with E-state index in [0.717, 1.165) is 63.1 Å². The molecule has 1 saturated heterocycles. The van der Waals surface area contributed by atoms with Gasteiger partial charge in [-0.15, -0.1) is 24.0 Å². The second-order valence-electron chi connectivity index (χ2n) is 6.43. The maximum absolute atomic E-state index is 5.36. The lowest BCUT2D eigenvalue weighted by atomic mass is 10.2. The van der Waals surface area contributed by atoms with E-state index < -0.39 is 0 Å². The van der Waals surface area contributed by atoms with E-state index in [2.05, 4.69) is 32.7 Å². The number of nitrogens with zero attached hydrogens (tertiary/aromatic N) is 2. The van der Waals surface area contributed by atoms with Crippen LogP contribution >= 0.6 is 24.0 Å². The molecule has 1 fully saturated rings. The van der Waals surface area contributed by atoms with Crippen LogP contribution in [0.4, 0.5) is 0 Å². The summed E-state index contributed by atoms with van der Waals surface area (Å²) in [6.45, 7) is 4.53. The number of benzene rings is 1. The van der Waals surface area contributed by atoms with Crippen LogP contribution < -0.4 is 20.1 Å². The highest BCUT2D eigenvalue weighted by atomic mass is 127. The lowest BCUT2D eigenvalue weighted by molar-refractivity contribution is 0.195. The number of hydrogen-bond acceptors (Lipinski definition) is 5. The summed E-state index contributed by atoms with van der Waals surface area (Å²) in [6, 6.07) is 6.44. The Labute approximate surface area is 179 Å². The van der Waals surface area contributed by atoms with E-state index >= 15 is 0 Å². The second kappa shape index (κ2) is 13.0. The lowest BCUT2D eigenvalue weighted by Gasteiger charge is -2.19. The predicted octanol–water partition coefficient (Wildman–Crippen LogP) is 2.10. The van der Waals surface area contributed by atoms with Crippen molar-refractivity contribution in [1.82, 2.24) is 15.5 Å². The summed E-state index contributed by atoms with van der Waals surface area (Å²) in [7, 11) is 6.89. The SMILES string of the molecule is CN=C(NCCCOC)NC1CCN(Cc2cc(OC)cc(OC)c2)C1.I. The molecule has 1 unspecified atom stereocenters. The number of guanidine groups is 1. The summed E-state index contributed by atoms with van der Waals surface area (Å²) >= 11 is 0. The molecule has 0 amide bonds. The van der Waals surface area contributed by atoms with Crippen LogP contribution in [0.1, 0.15) is 18.4 Å². The van der Waals surface area contributed by atoms with Gasteiger partial charge in [-0.2, -0.15) is 0 Å². The third-order valence-electron chi connectivity index (χ3n) is 4.47. The molecule has 0 radical (unpaired) electrons. The average Bonchev–Trinajstić information content (AvgIpc) is 3.10. The van der Waals surface area contributed by atoms with Crippen molar-refractivity contribution in [2.24, 2.45) is 4.99 Å². The number of rotatable bonds is 9.